The Hall–Kier alpha value is -2.84. The average Bonchev–Trinajstić information content (AvgIpc) is 3.03. The van der Waals surface area contributed by atoms with Gasteiger partial charge in [0.05, 0.1) is 12.2 Å². The first-order valence-corrected chi connectivity index (χ1v) is 13.2. The number of fused-ring (bicyclic) bond motifs is 2. The number of likely N-dealkylation sites (tertiary alicyclic amines) is 2. The van der Waals surface area contributed by atoms with E-state index in [9.17, 15) is 18.4 Å². The summed E-state index contributed by atoms with van der Waals surface area (Å²) in [5.74, 6) is -3.34. The maximum absolute atomic E-state index is 13.7. The molecule has 2 aliphatic heterocycles. The van der Waals surface area contributed by atoms with Crippen molar-refractivity contribution >= 4 is 29.0 Å². The monoisotopic (exact) mass is 528 g/mol. The van der Waals surface area contributed by atoms with Crippen LogP contribution < -0.4 is 5.73 Å². The molecule has 37 heavy (non-hydrogen) atoms. The molecule has 9 heteroatoms. The Bertz CT molecular complexity index is 1240. The summed E-state index contributed by atoms with van der Waals surface area (Å²) in [6, 6.07) is 9.43. The largest absolute Gasteiger partial charge is 0.342 e. The van der Waals surface area contributed by atoms with Crippen molar-refractivity contribution in [2.75, 3.05) is 26.2 Å². The van der Waals surface area contributed by atoms with Gasteiger partial charge in [-0.2, -0.15) is 0 Å². The molecule has 0 unspecified atom stereocenters. The number of halogens is 3. The van der Waals surface area contributed by atoms with E-state index in [1.54, 1.807) is 4.90 Å². The second kappa shape index (κ2) is 10.5. The van der Waals surface area contributed by atoms with Crippen LogP contribution in [0.4, 0.5) is 8.78 Å². The fourth-order valence-electron chi connectivity index (χ4n) is 5.67. The quantitative estimate of drug-likeness (QED) is 0.644. The number of rotatable bonds is 4. The van der Waals surface area contributed by atoms with Gasteiger partial charge >= 0.3 is 0 Å². The Morgan fingerprint density at radius 3 is 2.65 bits per heavy atom. The van der Waals surface area contributed by atoms with Crippen molar-refractivity contribution in [3.8, 4) is 0 Å². The molecule has 3 aliphatic rings. The number of piperidine rings is 2. The predicted octanol–water partition coefficient (Wildman–Crippen LogP) is 4.23. The van der Waals surface area contributed by atoms with Gasteiger partial charge in [0.2, 0.25) is 11.8 Å². The molecule has 6 nitrogen and oxygen atoms in total. The standard InChI is InChI=1S/C28H31ClF2N4O2/c29-21-5-6-23-20(14-21)4-3-19-2-1-11-33-27(19)26(23)18-8-12-34(13-9-18)25(37)15-22(32)16-35-17-28(30,31)10-7-24(35)36/h1-2,5-6,11,14,22H,3-4,7-10,12-13,15-17,32H2/t22-/m0/s1. The fourth-order valence-corrected chi connectivity index (χ4v) is 5.87. The molecule has 3 heterocycles. The first-order chi connectivity index (χ1) is 17.7. The molecule has 1 aliphatic carbocycles. The van der Waals surface area contributed by atoms with Gasteiger partial charge in [0.25, 0.3) is 5.92 Å². The van der Waals surface area contributed by atoms with Crippen LogP contribution in [-0.2, 0) is 22.4 Å². The zero-order chi connectivity index (χ0) is 26.2. The van der Waals surface area contributed by atoms with Crippen LogP contribution in [0.1, 0.15) is 54.5 Å². The normalized spacial score (nSPS) is 20.3. The van der Waals surface area contributed by atoms with Crippen molar-refractivity contribution in [3.63, 3.8) is 0 Å². The van der Waals surface area contributed by atoms with Crippen LogP contribution in [0.25, 0.3) is 5.57 Å². The van der Waals surface area contributed by atoms with E-state index in [2.05, 4.69) is 12.1 Å². The molecule has 196 valence electrons. The zero-order valence-electron chi connectivity index (χ0n) is 20.7. The van der Waals surface area contributed by atoms with Crippen LogP contribution in [0.15, 0.2) is 42.1 Å². The van der Waals surface area contributed by atoms with Crippen LogP contribution in [0.2, 0.25) is 5.02 Å². The van der Waals surface area contributed by atoms with E-state index >= 15 is 0 Å². The number of hydrogen-bond donors (Lipinski definition) is 1. The number of aromatic nitrogens is 1. The minimum absolute atomic E-state index is 0.0208. The lowest BCUT2D eigenvalue weighted by Gasteiger charge is -2.35. The van der Waals surface area contributed by atoms with Crippen LogP contribution in [0.3, 0.4) is 0 Å². The molecule has 0 radical (unpaired) electrons. The van der Waals surface area contributed by atoms with Gasteiger partial charge in [-0.1, -0.05) is 29.3 Å². The van der Waals surface area contributed by atoms with Crippen molar-refractivity contribution in [2.24, 2.45) is 5.73 Å². The van der Waals surface area contributed by atoms with Crippen molar-refractivity contribution in [1.82, 2.24) is 14.8 Å². The molecule has 1 atom stereocenters. The van der Waals surface area contributed by atoms with E-state index in [4.69, 9.17) is 22.3 Å². The number of hydrogen-bond acceptors (Lipinski definition) is 4. The Morgan fingerprint density at radius 2 is 1.86 bits per heavy atom. The molecule has 0 bridgehead atoms. The summed E-state index contributed by atoms with van der Waals surface area (Å²) in [6.45, 7) is 0.439. The molecule has 2 amide bonds. The predicted molar refractivity (Wildman–Crippen MR) is 138 cm³/mol. The first-order valence-electron chi connectivity index (χ1n) is 12.8. The molecule has 0 spiro atoms. The second-order valence-corrected chi connectivity index (χ2v) is 10.7. The Morgan fingerprint density at radius 1 is 1.11 bits per heavy atom. The van der Waals surface area contributed by atoms with E-state index in [1.807, 2.05) is 24.4 Å². The SMILES string of the molecule is N[C@@H](CC(=O)N1CCC(=C2c3ccc(Cl)cc3CCc3cccnc32)CC1)CN1CC(F)(F)CCC1=O. The summed E-state index contributed by atoms with van der Waals surface area (Å²) in [7, 11) is 0. The number of carbonyl (C=O) groups is 2. The zero-order valence-corrected chi connectivity index (χ0v) is 21.4. The average molecular weight is 529 g/mol. The minimum atomic E-state index is -2.90. The lowest BCUT2D eigenvalue weighted by Crippen LogP contribution is -2.51. The molecule has 2 N–H and O–H groups in total. The highest BCUT2D eigenvalue weighted by Gasteiger charge is 2.39. The maximum atomic E-state index is 13.7. The Labute approximate surface area is 220 Å². The Balaban J connectivity index is 1.28. The molecule has 2 fully saturated rings. The van der Waals surface area contributed by atoms with Crippen LogP contribution in [-0.4, -0.2) is 64.7 Å². The number of benzene rings is 1. The van der Waals surface area contributed by atoms with Crippen LogP contribution in [0.5, 0.6) is 0 Å². The van der Waals surface area contributed by atoms with E-state index in [1.165, 1.54) is 16.7 Å². The van der Waals surface area contributed by atoms with E-state index < -0.39 is 24.9 Å². The highest BCUT2D eigenvalue weighted by atomic mass is 35.5. The van der Waals surface area contributed by atoms with Gasteiger partial charge < -0.3 is 15.5 Å². The minimum Gasteiger partial charge on any atom is -0.342 e. The number of alkyl halides is 2. The molecule has 1 aromatic carbocycles. The van der Waals surface area contributed by atoms with Gasteiger partial charge in [0.15, 0.2) is 0 Å². The van der Waals surface area contributed by atoms with E-state index in [-0.39, 0.29) is 31.2 Å². The molecule has 2 saturated heterocycles. The molecule has 0 saturated carbocycles. The molecular weight excluding hydrogens is 498 g/mol. The van der Waals surface area contributed by atoms with Gasteiger partial charge in [-0.3, -0.25) is 14.6 Å². The maximum Gasteiger partial charge on any atom is 0.265 e. The smallest absolute Gasteiger partial charge is 0.265 e. The Kier molecular flexibility index (Phi) is 7.32. The highest BCUT2D eigenvalue weighted by molar-refractivity contribution is 6.30. The fraction of sp³-hybridized carbons (Fsp3) is 0.464. The molecule has 2 aromatic rings. The lowest BCUT2D eigenvalue weighted by molar-refractivity contribution is -0.148. The molecular formula is C28H31ClF2N4O2. The summed E-state index contributed by atoms with van der Waals surface area (Å²) < 4.78 is 27.5. The van der Waals surface area contributed by atoms with Gasteiger partial charge in [-0.25, -0.2) is 8.78 Å². The van der Waals surface area contributed by atoms with Gasteiger partial charge in [0, 0.05) is 61.7 Å². The van der Waals surface area contributed by atoms with E-state index in [0.717, 1.165) is 34.6 Å². The van der Waals surface area contributed by atoms with Crippen LogP contribution in [0, 0.1) is 0 Å². The van der Waals surface area contributed by atoms with Gasteiger partial charge in [-0.05, 0) is 60.6 Å². The van der Waals surface area contributed by atoms with Gasteiger partial charge in [0.1, 0.15) is 0 Å². The van der Waals surface area contributed by atoms with E-state index in [0.29, 0.717) is 31.0 Å². The van der Waals surface area contributed by atoms with Gasteiger partial charge in [-0.15, -0.1) is 0 Å². The molecule has 1 aromatic heterocycles. The third-order valence-electron chi connectivity index (χ3n) is 7.57. The first kappa shape index (κ1) is 25.8. The lowest BCUT2D eigenvalue weighted by atomic mass is 9.88. The number of carbonyl (C=O) groups excluding carboxylic acids is 2. The summed E-state index contributed by atoms with van der Waals surface area (Å²) in [6.07, 6.45) is 4.43. The summed E-state index contributed by atoms with van der Waals surface area (Å²) in [5.41, 5.74) is 13.1. The number of amides is 2. The number of nitrogens with zero attached hydrogens (tertiary/aromatic N) is 3. The van der Waals surface area contributed by atoms with Crippen molar-refractivity contribution in [2.45, 2.75) is 56.9 Å². The highest BCUT2D eigenvalue weighted by Crippen LogP contribution is 2.38. The number of pyridine rings is 1. The third kappa shape index (κ3) is 5.70. The topological polar surface area (TPSA) is 79.5 Å². The number of aryl methyl sites for hydroxylation is 2. The summed E-state index contributed by atoms with van der Waals surface area (Å²) >= 11 is 6.31. The molecule has 5 rings (SSSR count). The van der Waals surface area contributed by atoms with Crippen LogP contribution >= 0.6 is 11.6 Å². The summed E-state index contributed by atoms with van der Waals surface area (Å²) in [5, 5.41) is 0.716. The second-order valence-electron chi connectivity index (χ2n) is 10.3. The van der Waals surface area contributed by atoms with Crippen molar-refractivity contribution in [3.05, 3.63) is 69.5 Å². The van der Waals surface area contributed by atoms with Crippen molar-refractivity contribution in [1.29, 1.82) is 0 Å². The summed E-state index contributed by atoms with van der Waals surface area (Å²) in [4.78, 5) is 32.7. The number of nitrogens with two attached hydrogens (primary N) is 1. The third-order valence-corrected chi connectivity index (χ3v) is 7.81. The van der Waals surface area contributed by atoms with Crippen molar-refractivity contribution < 1.29 is 18.4 Å².